The quantitative estimate of drug-likeness (QED) is 0.400. The summed E-state index contributed by atoms with van der Waals surface area (Å²) in [7, 11) is 0. The van der Waals surface area contributed by atoms with Crippen molar-refractivity contribution in [1.82, 2.24) is 4.98 Å². The lowest BCUT2D eigenvalue weighted by Gasteiger charge is -2.10. The number of carbonyl (C=O) groups excluding carboxylic acids is 1. The molecule has 0 unspecified atom stereocenters. The van der Waals surface area contributed by atoms with Crippen LogP contribution in [0.5, 0.6) is 0 Å². The molecule has 0 spiro atoms. The van der Waals surface area contributed by atoms with Crippen molar-refractivity contribution >= 4 is 12.1 Å². The van der Waals surface area contributed by atoms with Gasteiger partial charge in [-0.05, 0) is 6.07 Å². The van der Waals surface area contributed by atoms with Crippen LogP contribution < -0.4 is 5.73 Å². The number of nitrogen functional groups attached to an aromatic ring is 1. The maximum absolute atomic E-state index is 13.6. The Labute approximate surface area is 108 Å². The van der Waals surface area contributed by atoms with Crippen LogP contribution in [-0.4, -0.2) is 11.3 Å². The summed E-state index contributed by atoms with van der Waals surface area (Å²) in [5.41, 5.74) is 3.16. The van der Waals surface area contributed by atoms with Crippen molar-refractivity contribution in [3.05, 3.63) is 46.9 Å². The van der Waals surface area contributed by atoms with Crippen LogP contribution in [0.3, 0.4) is 0 Å². The molecule has 104 valence electrons. The number of aromatic nitrogens is 1. The van der Waals surface area contributed by atoms with Crippen molar-refractivity contribution in [2.24, 2.45) is 0 Å². The molecule has 0 atom stereocenters. The highest BCUT2D eigenvalue weighted by molar-refractivity contribution is 5.88. The number of benzene rings is 1. The van der Waals surface area contributed by atoms with Crippen LogP contribution in [0.25, 0.3) is 11.1 Å². The molecule has 1 heterocycles. The molecule has 20 heavy (non-hydrogen) atoms. The van der Waals surface area contributed by atoms with Crippen molar-refractivity contribution < 1.29 is 26.7 Å². The fourth-order valence-corrected chi connectivity index (χ4v) is 1.64. The van der Waals surface area contributed by atoms with E-state index >= 15 is 0 Å². The van der Waals surface area contributed by atoms with E-state index in [2.05, 4.69) is 4.98 Å². The molecule has 2 rings (SSSR count). The third-order valence-electron chi connectivity index (χ3n) is 2.56. The van der Waals surface area contributed by atoms with Crippen molar-refractivity contribution in [3.8, 4) is 11.1 Å². The summed E-state index contributed by atoms with van der Waals surface area (Å²) in [5.74, 6) is -10.7. The van der Waals surface area contributed by atoms with Crippen LogP contribution >= 0.6 is 0 Å². The summed E-state index contributed by atoms with van der Waals surface area (Å²) >= 11 is 0. The van der Waals surface area contributed by atoms with Gasteiger partial charge in [-0.2, -0.15) is 0 Å². The van der Waals surface area contributed by atoms with E-state index < -0.39 is 40.2 Å². The van der Waals surface area contributed by atoms with Gasteiger partial charge in [-0.1, -0.05) is 0 Å². The molecule has 0 saturated heterocycles. The zero-order chi connectivity index (χ0) is 15.0. The number of pyridine rings is 1. The number of anilines is 1. The number of hydrogen-bond donors (Lipinski definition) is 1. The predicted octanol–water partition coefficient (Wildman–Crippen LogP) is 2.84. The van der Waals surface area contributed by atoms with Crippen LogP contribution in [0.1, 0.15) is 10.4 Å². The van der Waals surface area contributed by atoms with Gasteiger partial charge < -0.3 is 5.73 Å². The van der Waals surface area contributed by atoms with Gasteiger partial charge in [0.25, 0.3) is 0 Å². The number of halogens is 5. The van der Waals surface area contributed by atoms with Crippen molar-refractivity contribution in [2.75, 3.05) is 5.73 Å². The summed E-state index contributed by atoms with van der Waals surface area (Å²) in [5, 5.41) is 0. The van der Waals surface area contributed by atoms with Gasteiger partial charge in [0.1, 0.15) is 5.82 Å². The van der Waals surface area contributed by atoms with E-state index in [1.165, 1.54) is 0 Å². The van der Waals surface area contributed by atoms with Gasteiger partial charge in [-0.25, -0.2) is 26.9 Å². The molecular weight excluding hydrogens is 283 g/mol. The van der Waals surface area contributed by atoms with E-state index in [4.69, 9.17) is 5.73 Å². The summed E-state index contributed by atoms with van der Waals surface area (Å²) in [6.07, 6.45) is 0.933. The Bertz CT molecular complexity index is 688. The fraction of sp³-hybridized carbons (Fsp3) is 0. The topological polar surface area (TPSA) is 56.0 Å². The highest BCUT2D eigenvalue weighted by Crippen LogP contribution is 2.33. The second-order valence-corrected chi connectivity index (χ2v) is 3.76. The number of carbonyl (C=O) groups is 1. The molecule has 0 aliphatic carbocycles. The van der Waals surface area contributed by atoms with Crippen molar-refractivity contribution in [3.63, 3.8) is 0 Å². The first-order valence-electron chi connectivity index (χ1n) is 5.11. The monoisotopic (exact) mass is 288 g/mol. The molecule has 0 amide bonds. The summed E-state index contributed by atoms with van der Waals surface area (Å²) in [4.78, 5) is 14.3. The molecular formula is C12H5F5N2O. The van der Waals surface area contributed by atoms with Crippen LogP contribution in [0.2, 0.25) is 0 Å². The largest absolute Gasteiger partial charge is 0.384 e. The Morgan fingerprint density at radius 2 is 1.45 bits per heavy atom. The fourth-order valence-electron chi connectivity index (χ4n) is 1.64. The average molecular weight is 288 g/mol. The van der Waals surface area contributed by atoms with Gasteiger partial charge in [0.15, 0.2) is 29.6 Å². The predicted molar refractivity (Wildman–Crippen MR) is 59.3 cm³/mol. The van der Waals surface area contributed by atoms with E-state index in [1.807, 2.05) is 0 Å². The number of rotatable bonds is 2. The molecule has 0 aliphatic rings. The summed E-state index contributed by atoms with van der Waals surface area (Å²) in [6.45, 7) is 0. The number of aldehydes is 1. The molecule has 1 aromatic heterocycles. The van der Waals surface area contributed by atoms with Gasteiger partial charge in [0.05, 0.1) is 5.56 Å². The van der Waals surface area contributed by atoms with Crippen molar-refractivity contribution in [1.29, 1.82) is 0 Å². The molecule has 0 saturated carbocycles. The first-order chi connectivity index (χ1) is 9.38. The SMILES string of the molecule is Nc1cc(C=O)c(-c2c(F)c(F)c(F)c(F)c2F)cn1. The van der Waals surface area contributed by atoms with Crippen LogP contribution in [0.4, 0.5) is 27.8 Å². The zero-order valence-corrected chi connectivity index (χ0v) is 9.55. The Balaban J connectivity index is 2.87. The highest BCUT2D eigenvalue weighted by atomic mass is 19.2. The Morgan fingerprint density at radius 3 is 1.95 bits per heavy atom. The second-order valence-electron chi connectivity index (χ2n) is 3.76. The first kappa shape index (κ1) is 13.9. The van der Waals surface area contributed by atoms with E-state index in [0.29, 0.717) is 0 Å². The maximum Gasteiger partial charge on any atom is 0.200 e. The van der Waals surface area contributed by atoms with E-state index in [-0.39, 0.29) is 17.7 Å². The average Bonchev–Trinajstić information content (AvgIpc) is 2.44. The van der Waals surface area contributed by atoms with E-state index in [9.17, 15) is 26.7 Å². The van der Waals surface area contributed by atoms with Crippen LogP contribution in [-0.2, 0) is 0 Å². The summed E-state index contributed by atoms with van der Waals surface area (Å²) in [6, 6.07) is 0.959. The summed E-state index contributed by atoms with van der Waals surface area (Å²) < 4.78 is 66.4. The van der Waals surface area contributed by atoms with Crippen LogP contribution in [0, 0.1) is 29.1 Å². The second kappa shape index (κ2) is 4.87. The minimum atomic E-state index is -2.28. The molecule has 0 radical (unpaired) electrons. The van der Waals surface area contributed by atoms with Gasteiger partial charge in [0, 0.05) is 17.3 Å². The number of hydrogen-bond acceptors (Lipinski definition) is 3. The Kier molecular flexibility index (Phi) is 3.39. The third kappa shape index (κ3) is 1.98. The van der Waals surface area contributed by atoms with Crippen LogP contribution in [0.15, 0.2) is 12.3 Å². The van der Waals surface area contributed by atoms with Gasteiger partial charge in [-0.15, -0.1) is 0 Å². The molecule has 0 bridgehead atoms. The minimum Gasteiger partial charge on any atom is -0.384 e. The lowest BCUT2D eigenvalue weighted by atomic mass is 10.0. The third-order valence-corrected chi connectivity index (χ3v) is 2.56. The molecule has 0 aliphatic heterocycles. The Morgan fingerprint density at radius 1 is 0.950 bits per heavy atom. The maximum atomic E-state index is 13.6. The normalized spacial score (nSPS) is 10.7. The van der Waals surface area contributed by atoms with Gasteiger partial charge in [-0.3, -0.25) is 4.79 Å². The molecule has 1 aromatic carbocycles. The molecule has 2 N–H and O–H groups in total. The Hall–Kier alpha value is -2.51. The first-order valence-corrected chi connectivity index (χ1v) is 5.11. The molecule has 3 nitrogen and oxygen atoms in total. The lowest BCUT2D eigenvalue weighted by Crippen LogP contribution is -2.06. The minimum absolute atomic E-state index is 0.139. The van der Waals surface area contributed by atoms with E-state index in [1.54, 1.807) is 0 Å². The zero-order valence-electron chi connectivity index (χ0n) is 9.55. The highest BCUT2D eigenvalue weighted by Gasteiger charge is 2.27. The standard InChI is InChI=1S/C12H5F5N2O/c13-8-7(9(14)11(16)12(17)10(8)15)5-2-19-6(18)1-4(5)3-20/h1-3H,(H2,18,19). The van der Waals surface area contributed by atoms with Crippen molar-refractivity contribution in [2.45, 2.75) is 0 Å². The molecule has 8 heteroatoms. The molecule has 0 fully saturated rings. The lowest BCUT2D eigenvalue weighted by molar-refractivity contribution is 0.112. The number of nitrogens with zero attached hydrogens (tertiary/aromatic N) is 1. The van der Waals surface area contributed by atoms with Gasteiger partial charge in [0.2, 0.25) is 5.82 Å². The molecule has 2 aromatic rings. The number of nitrogens with two attached hydrogens (primary N) is 1. The smallest absolute Gasteiger partial charge is 0.200 e. The van der Waals surface area contributed by atoms with E-state index in [0.717, 1.165) is 12.3 Å². The van der Waals surface area contributed by atoms with Gasteiger partial charge >= 0.3 is 0 Å².